The Hall–Kier alpha value is -1.06. The van der Waals surface area contributed by atoms with Gasteiger partial charge in [0.2, 0.25) is 0 Å². The number of aliphatic hydroxyl groups is 1. The number of hydrogen-bond acceptors (Lipinski definition) is 3. The van der Waals surface area contributed by atoms with Crippen LogP contribution in [-0.4, -0.2) is 29.5 Å². The maximum Gasteiger partial charge on any atom is 0.119 e. The van der Waals surface area contributed by atoms with Gasteiger partial charge in [-0.3, -0.25) is 0 Å². The van der Waals surface area contributed by atoms with Crippen LogP contribution in [0.2, 0.25) is 0 Å². The zero-order valence-corrected chi connectivity index (χ0v) is 17.3. The Kier molecular flexibility index (Phi) is 8.43. The molecule has 0 heterocycles. The highest BCUT2D eigenvalue weighted by molar-refractivity contribution is 5.26. The molecule has 0 saturated heterocycles. The van der Waals surface area contributed by atoms with Gasteiger partial charge < -0.3 is 14.6 Å². The number of hydrogen-bond donors (Lipinski definition) is 1. The van der Waals surface area contributed by atoms with Crippen molar-refractivity contribution in [2.24, 2.45) is 5.92 Å². The summed E-state index contributed by atoms with van der Waals surface area (Å²) in [5.74, 6) is 1.98. The molecule has 1 fully saturated rings. The Labute approximate surface area is 154 Å². The summed E-state index contributed by atoms with van der Waals surface area (Å²) in [5, 5.41) is 9.42. The third-order valence-electron chi connectivity index (χ3n) is 5.68. The SMILES string of the molecule is CCC1CCC(Oc2ccc(C)cc2)CC1.COC(C)(C)C(C)(C)O. The van der Waals surface area contributed by atoms with E-state index in [1.165, 1.54) is 37.7 Å². The van der Waals surface area contributed by atoms with Gasteiger partial charge in [0.25, 0.3) is 0 Å². The second-order valence-corrected chi connectivity index (χ2v) is 8.26. The van der Waals surface area contributed by atoms with Gasteiger partial charge in [-0.1, -0.05) is 31.0 Å². The second kappa shape index (κ2) is 9.59. The van der Waals surface area contributed by atoms with Gasteiger partial charge in [-0.05, 0) is 78.4 Å². The van der Waals surface area contributed by atoms with Crippen LogP contribution in [0.1, 0.15) is 72.3 Å². The zero-order valence-electron chi connectivity index (χ0n) is 17.3. The molecule has 0 amide bonds. The summed E-state index contributed by atoms with van der Waals surface area (Å²) in [6.45, 7) is 11.6. The van der Waals surface area contributed by atoms with E-state index in [2.05, 4.69) is 38.1 Å². The minimum atomic E-state index is -0.776. The number of benzene rings is 1. The van der Waals surface area contributed by atoms with E-state index in [0.717, 1.165) is 11.7 Å². The van der Waals surface area contributed by atoms with E-state index in [1.807, 2.05) is 13.8 Å². The lowest BCUT2D eigenvalue weighted by Gasteiger charge is -2.35. The minimum absolute atomic E-state index is 0.450. The Morgan fingerprint density at radius 2 is 1.52 bits per heavy atom. The van der Waals surface area contributed by atoms with E-state index >= 15 is 0 Å². The molecule has 1 aliphatic carbocycles. The zero-order chi connectivity index (χ0) is 19.1. The van der Waals surface area contributed by atoms with Crippen LogP contribution in [0.25, 0.3) is 0 Å². The molecule has 0 atom stereocenters. The first-order valence-electron chi connectivity index (χ1n) is 9.60. The first-order chi connectivity index (χ1) is 11.6. The second-order valence-electron chi connectivity index (χ2n) is 8.26. The molecule has 0 radical (unpaired) electrons. The van der Waals surface area contributed by atoms with Crippen LogP contribution >= 0.6 is 0 Å². The van der Waals surface area contributed by atoms with Crippen molar-refractivity contribution >= 4 is 0 Å². The molecule has 1 aliphatic rings. The first-order valence-corrected chi connectivity index (χ1v) is 9.60. The summed E-state index contributed by atoms with van der Waals surface area (Å²) in [6, 6.07) is 8.41. The van der Waals surface area contributed by atoms with Crippen LogP contribution in [0, 0.1) is 12.8 Å². The Balaban J connectivity index is 0.000000299. The maximum absolute atomic E-state index is 9.42. The molecule has 0 spiro atoms. The molecule has 0 bridgehead atoms. The predicted octanol–water partition coefficient (Wildman–Crippen LogP) is 5.52. The monoisotopic (exact) mass is 350 g/mol. The fraction of sp³-hybridized carbons (Fsp3) is 0.727. The van der Waals surface area contributed by atoms with Gasteiger partial charge in [0.15, 0.2) is 0 Å². The Bertz CT molecular complexity index is 477. The highest BCUT2D eigenvalue weighted by Gasteiger charge is 2.34. The lowest BCUT2D eigenvalue weighted by Crippen LogP contribution is -2.46. The summed E-state index contributed by atoms with van der Waals surface area (Å²) < 4.78 is 11.1. The van der Waals surface area contributed by atoms with Crippen molar-refractivity contribution in [3.63, 3.8) is 0 Å². The normalized spacial score (nSPS) is 21.3. The summed E-state index contributed by atoms with van der Waals surface area (Å²) in [6.07, 6.45) is 6.92. The van der Waals surface area contributed by atoms with E-state index in [1.54, 1.807) is 21.0 Å². The van der Waals surface area contributed by atoms with Crippen LogP contribution in [0.5, 0.6) is 5.75 Å². The van der Waals surface area contributed by atoms with Crippen molar-refractivity contribution in [3.05, 3.63) is 29.8 Å². The predicted molar refractivity (Wildman–Crippen MR) is 105 cm³/mol. The summed E-state index contributed by atoms with van der Waals surface area (Å²) in [7, 11) is 1.60. The van der Waals surface area contributed by atoms with E-state index in [9.17, 15) is 5.11 Å². The highest BCUT2D eigenvalue weighted by atomic mass is 16.5. The van der Waals surface area contributed by atoms with Crippen molar-refractivity contribution in [3.8, 4) is 5.75 Å². The number of aryl methyl sites for hydroxylation is 1. The molecule has 0 aromatic heterocycles. The lowest BCUT2D eigenvalue weighted by molar-refractivity contribution is -0.129. The third kappa shape index (κ3) is 7.37. The number of rotatable bonds is 5. The summed E-state index contributed by atoms with van der Waals surface area (Å²) in [5.41, 5.74) is 0.0522. The molecule has 0 unspecified atom stereocenters. The first kappa shape index (κ1) is 22.0. The fourth-order valence-corrected chi connectivity index (χ4v) is 2.72. The van der Waals surface area contributed by atoms with E-state index in [4.69, 9.17) is 9.47 Å². The number of methoxy groups -OCH3 is 1. The van der Waals surface area contributed by atoms with Gasteiger partial charge in [-0.15, -0.1) is 0 Å². The molecule has 1 saturated carbocycles. The van der Waals surface area contributed by atoms with Crippen molar-refractivity contribution in [1.82, 2.24) is 0 Å². The fourth-order valence-electron chi connectivity index (χ4n) is 2.72. The van der Waals surface area contributed by atoms with Gasteiger partial charge in [-0.25, -0.2) is 0 Å². The van der Waals surface area contributed by atoms with Crippen LogP contribution in [0.3, 0.4) is 0 Å². The largest absolute Gasteiger partial charge is 0.490 e. The van der Waals surface area contributed by atoms with Gasteiger partial charge >= 0.3 is 0 Å². The standard InChI is InChI=1S/C15H22O.C7H16O2/c1-3-13-6-10-15(11-7-13)16-14-8-4-12(2)5-9-14;1-6(2,8)7(3,4)9-5/h4-5,8-9,13,15H,3,6-7,10-11H2,1-2H3;8H,1-5H3. The average Bonchev–Trinajstić information content (AvgIpc) is 2.57. The van der Waals surface area contributed by atoms with Crippen LogP contribution < -0.4 is 4.74 Å². The topological polar surface area (TPSA) is 38.7 Å². The van der Waals surface area contributed by atoms with Gasteiger partial charge in [-0.2, -0.15) is 0 Å². The molecule has 3 nitrogen and oxygen atoms in total. The molecule has 0 aliphatic heterocycles. The van der Waals surface area contributed by atoms with Crippen LogP contribution in [0.4, 0.5) is 0 Å². The molecule has 144 valence electrons. The number of ether oxygens (including phenoxy) is 2. The molecule has 3 heteroatoms. The molecular weight excluding hydrogens is 312 g/mol. The van der Waals surface area contributed by atoms with Gasteiger partial charge in [0.1, 0.15) is 5.75 Å². The molecule has 25 heavy (non-hydrogen) atoms. The minimum Gasteiger partial charge on any atom is -0.490 e. The molecule has 2 rings (SSSR count). The van der Waals surface area contributed by atoms with E-state index in [-0.39, 0.29) is 0 Å². The van der Waals surface area contributed by atoms with Crippen molar-refractivity contribution in [2.75, 3.05) is 7.11 Å². The van der Waals surface area contributed by atoms with Gasteiger partial charge in [0, 0.05) is 7.11 Å². The molecule has 1 aromatic carbocycles. The van der Waals surface area contributed by atoms with Gasteiger partial charge in [0.05, 0.1) is 17.3 Å². The summed E-state index contributed by atoms with van der Waals surface area (Å²) in [4.78, 5) is 0. The summed E-state index contributed by atoms with van der Waals surface area (Å²) >= 11 is 0. The Morgan fingerprint density at radius 1 is 1.00 bits per heavy atom. The van der Waals surface area contributed by atoms with Crippen LogP contribution in [0.15, 0.2) is 24.3 Å². The smallest absolute Gasteiger partial charge is 0.119 e. The quantitative estimate of drug-likeness (QED) is 0.759. The Morgan fingerprint density at radius 3 is 1.88 bits per heavy atom. The average molecular weight is 351 g/mol. The van der Waals surface area contributed by atoms with Crippen molar-refractivity contribution < 1.29 is 14.6 Å². The van der Waals surface area contributed by atoms with Crippen molar-refractivity contribution in [1.29, 1.82) is 0 Å². The molecule has 1 aromatic rings. The molecule has 1 N–H and O–H groups in total. The van der Waals surface area contributed by atoms with E-state index in [0.29, 0.717) is 6.10 Å². The van der Waals surface area contributed by atoms with E-state index < -0.39 is 11.2 Å². The van der Waals surface area contributed by atoms with Crippen molar-refractivity contribution in [2.45, 2.75) is 91.0 Å². The molecular formula is C22H38O3. The third-order valence-corrected chi connectivity index (χ3v) is 5.68. The van der Waals surface area contributed by atoms with Crippen LogP contribution in [-0.2, 0) is 4.74 Å². The lowest BCUT2D eigenvalue weighted by atomic mass is 9.86. The maximum atomic E-state index is 9.42. The highest BCUT2D eigenvalue weighted by Crippen LogP contribution is 2.29.